The van der Waals surface area contributed by atoms with Crippen LogP contribution >= 0.6 is 12.4 Å². The largest absolute Gasteiger partial charge is 0.326 e. The van der Waals surface area contributed by atoms with E-state index in [4.69, 9.17) is 0 Å². The standard InChI is InChI=1S/C13H21N3O3S.ClH/c1-3-10-20(18,19)16-12-6-4-11(5-7-12)15-13(17)8-9-14-2;/h4-7,14,16H,3,8-10H2,1-2H3,(H,15,17);1H. The molecule has 0 aliphatic carbocycles. The van der Waals surface area contributed by atoms with Crippen LogP contribution in [0.5, 0.6) is 0 Å². The summed E-state index contributed by atoms with van der Waals surface area (Å²) in [6, 6.07) is 6.59. The molecule has 0 aromatic heterocycles. The summed E-state index contributed by atoms with van der Waals surface area (Å²) >= 11 is 0. The van der Waals surface area contributed by atoms with Crippen molar-refractivity contribution in [3.8, 4) is 0 Å². The number of anilines is 2. The summed E-state index contributed by atoms with van der Waals surface area (Å²) in [5.41, 5.74) is 1.14. The molecule has 120 valence electrons. The Kier molecular flexibility index (Phi) is 9.00. The van der Waals surface area contributed by atoms with Gasteiger partial charge in [-0.2, -0.15) is 0 Å². The summed E-state index contributed by atoms with van der Waals surface area (Å²) in [6.45, 7) is 2.42. The van der Waals surface area contributed by atoms with Gasteiger partial charge in [-0.3, -0.25) is 9.52 Å². The molecule has 3 N–H and O–H groups in total. The molecule has 1 aromatic rings. The zero-order chi connectivity index (χ0) is 15.0. The molecule has 0 aliphatic heterocycles. The lowest BCUT2D eigenvalue weighted by molar-refractivity contribution is -0.116. The van der Waals surface area contributed by atoms with Gasteiger partial charge in [0, 0.05) is 24.3 Å². The first-order chi connectivity index (χ1) is 9.46. The predicted octanol–water partition coefficient (Wildman–Crippen LogP) is 1.81. The van der Waals surface area contributed by atoms with Crippen molar-refractivity contribution in [3.63, 3.8) is 0 Å². The van der Waals surface area contributed by atoms with Gasteiger partial charge in [-0.25, -0.2) is 8.42 Å². The Morgan fingerprint density at radius 1 is 1.14 bits per heavy atom. The summed E-state index contributed by atoms with van der Waals surface area (Å²) in [7, 11) is -1.50. The maximum absolute atomic E-state index is 11.6. The number of nitrogens with one attached hydrogen (secondary N) is 3. The molecular weight excluding hydrogens is 314 g/mol. The predicted molar refractivity (Wildman–Crippen MR) is 88.6 cm³/mol. The fourth-order valence-corrected chi connectivity index (χ4v) is 2.72. The fraction of sp³-hybridized carbons (Fsp3) is 0.462. The summed E-state index contributed by atoms with van der Waals surface area (Å²) in [5.74, 6) is 0.00819. The van der Waals surface area contributed by atoms with Crippen LogP contribution in [-0.4, -0.2) is 33.7 Å². The van der Waals surface area contributed by atoms with Crippen molar-refractivity contribution in [1.29, 1.82) is 0 Å². The minimum absolute atomic E-state index is 0. The number of sulfonamides is 1. The molecule has 0 atom stereocenters. The highest BCUT2D eigenvalue weighted by Crippen LogP contribution is 2.15. The number of amides is 1. The van der Waals surface area contributed by atoms with Crippen molar-refractivity contribution < 1.29 is 13.2 Å². The molecule has 0 bridgehead atoms. The van der Waals surface area contributed by atoms with E-state index in [1.807, 2.05) is 6.92 Å². The third-order valence-electron chi connectivity index (χ3n) is 2.52. The van der Waals surface area contributed by atoms with Crippen molar-refractivity contribution in [1.82, 2.24) is 5.32 Å². The van der Waals surface area contributed by atoms with E-state index in [1.54, 1.807) is 31.3 Å². The molecule has 0 unspecified atom stereocenters. The number of halogens is 1. The van der Waals surface area contributed by atoms with E-state index < -0.39 is 10.0 Å². The van der Waals surface area contributed by atoms with Gasteiger partial charge in [-0.15, -0.1) is 12.4 Å². The number of carbonyl (C=O) groups is 1. The minimum atomic E-state index is -3.28. The highest BCUT2D eigenvalue weighted by atomic mass is 35.5. The minimum Gasteiger partial charge on any atom is -0.326 e. The van der Waals surface area contributed by atoms with Crippen LogP contribution in [0.15, 0.2) is 24.3 Å². The highest BCUT2D eigenvalue weighted by molar-refractivity contribution is 7.92. The van der Waals surface area contributed by atoms with E-state index in [9.17, 15) is 13.2 Å². The number of carbonyl (C=O) groups excluding carboxylic acids is 1. The number of hydrogen-bond donors (Lipinski definition) is 3. The molecule has 0 fully saturated rings. The third kappa shape index (κ3) is 7.89. The van der Waals surface area contributed by atoms with Crippen molar-refractivity contribution in [3.05, 3.63) is 24.3 Å². The third-order valence-corrected chi connectivity index (χ3v) is 4.01. The van der Waals surface area contributed by atoms with Crippen LogP contribution < -0.4 is 15.4 Å². The smallest absolute Gasteiger partial charge is 0.232 e. The fourth-order valence-electron chi connectivity index (χ4n) is 1.58. The van der Waals surface area contributed by atoms with Crippen molar-refractivity contribution in [2.75, 3.05) is 29.4 Å². The van der Waals surface area contributed by atoms with Gasteiger partial charge in [-0.1, -0.05) is 6.92 Å². The van der Waals surface area contributed by atoms with E-state index in [0.717, 1.165) is 0 Å². The summed E-state index contributed by atoms with van der Waals surface area (Å²) in [5, 5.41) is 5.63. The lowest BCUT2D eigenvalue weighted by Crippen LogP contribution is -2.19. The SMILES string of the molecule is CCCS(=O)(=O)Nc1ccc(NC(=O)CCNC)cc1.Cl. The average Bonchev–Trinajstić information content (AvgIpc) is 2.38. The number of rotatable bonds is 8. The lowest BCUT2D eigenvalue weighted by atomic mass is 10.3. The van der Waals surface area contributed by atoms with Crippen LogP contribution in [0.1, 0.15) is 19.8 Å². The van der Waals surface area contributed by atoms with Gasteiger partial charge in [-0.05, 0) is 37.7 Å². The lowest BCUT2D eigenvalue weighted by Gasteiger charge is -2.09. The van der Waals surface area contributed by atoms with E-state index in [0.29, 0.717) is 30.8 Å². The molecule has 0 heterocycles. The first-order valence-electron chi connectivity index (χ1n) is 6.52. The Hall–Kier alpha value is -1.31. The van der Waals surface area contributed by atoms with E-state index in [2.05, 4.69) is 15.4 Å². The Morgan fingerprint density at radius 3 is 2.24 bits per heavy atom. The second-order valence-electron chi connectivity index (χ2n) is 4.40. The normalized spacial score (nSPS) is 10.6. The van der Waals surface area contributed by atoms with Crippen LogP contribution in [0.25, 0.3) is 0 Å². The van der Waals surface area contributed by atoms with E-state index >= 15 is 0 Å². The number of hydrogen-bond acceptors (Lipinski definition) is 4. The highest BCUT2D eigenvalue weighted by Gasteiger charge is 2.08. The Bertz CT molecular complexity index is 532. The first-order valence-corrected chi connectivity index (χ1v) is 8.17. The molecule has 0 spiro atoms. The maximum Gasteiger partial charge on any atom is 0.232 e. The molecule has 1 aromatic carbocycles. The average molecular weight is 336 g/mol. The first kappa shape index (κ1) is 19.7. The van der Waals surface area contributed by atoms with Gasteiger partial charge >= 0.3 is 0 Å². The van der Waals surface area contributed by atoms with Crippen LogP contribution in [0, 0.1) is 0 Å². The van der Waals surface area contributed by atoms with Crippen LogP contribution in [0.4, 0.5) is 11.4 Å². The van der Waals surface area contributed by atoms with Crippen LogP contribution in [-0.2, 0) is 14.8 Å². The van der Waals surface area contributed by atoms with Crippen LogP contribution in [0.3, 0.4) is 0 Å². The molecule has 0 aliphatic rings. The Labute approximate surface area is 132 Å². The molecule has 21 heavy (non-hydrogen) atoms. The summed E-state index contributed by atoms with van der Waals surface area (Å²) in [4.78, 5) is 11.5. The zero-order valence-electron chi connectivity index (χ0n) is 12.2. The van der Waals surface area contributed by atoms with Gasteiger partial charge in [0.25, 0.3) is 0 Å². The van der Waals surface area contributed by atoms with Gasteiger partial charge in [0.2, 0.25) is 15.9 Å². The van der Waals surface area contributed by atoms with Crippen molar-refractivity contribution >= 4 is 39.7 Å². The van der Waals surface area contributed by atoms with Crippen LogP contribution in [0.2, 0.25) is 0 Å². The zero-order valence-corrected chi connectivity index (χ0v) is 13.8. The number of benzene rings is 1. The van der Waals surface area contributed by atoms with Gasteiger partial charge in [0.05, 0.1) is 5.75 Å². The molecular formula is C13H22ClN3O3S. The monoisotopic (exact) mass is 335 g/mol. The molecule has 6 nitrogen and oxygen atoms in total. The maximum atomic E-state index is 11.6. The Balaban J connectivity index is 0.00000400. The molecule has 0 saturated heterocycles. The summed E-state index contributed by atoms with van der Waals surface area (Å²) in [6.07, 6.45) is 0.955. The van der Waals surface area contributed by atoms with Crippen molar-refractivity contribution in [2.24, 2.45) is 0 Å². The van der Waals surface area contributed by atoms with Gasteiger partial charge in [0.1, 0.15) is 0 Å². The molecule has 8 heteroatoms. The molecule has 1 rings (SSSR count). The topological polar surface area (TPSA) is 87.3 Å². The summed E-state index contributed by atoms with van der Waals surface area (Å²) < 4.78 is 25.7. The van der Waals surface area contributed by atoms with E-state index in [1.165, 1.54) is 0 Å². The second kappa shape index (κ2) is 9.59. The molecule has 0 radical (unpaired) electrons. The molecule has 1 amide bonds. The van der Waals surface area contributed by atoms with Crippen molar-refractivity contribution in [2.45, 2.75) is 19.8 Å². The Morgan fingerprint density at radius 2 is 1.71 bits per heavy atom. The molecule has 0 saturated carbocycles. The van der Waals surface area contributed by atoms with E-state index in [-0.39, 0.29) is 24.1 Å². The second-order valence-corrected chi connectivity index (χ2v) is 6.24. The quantitative estimate of drug-likeness (QED) is 0.676. The van der Waals surface area contributed by atoms with Gasteiger partial charge < -0.3 is 10.6 Å². The van der Waals surface area contributed by atoms with Gasteiger partial charge in [0.15, 0.2) is 0 Å².